The monoisotopic (exact) mass is 593 g/mol. The zero-order chi connectivity index (χ0) is 29.8. The predicted molar refractivity (Wildman–Crippen MR) is 188 cm³/mol. The number of hydrogen-bond donors (Lipinski definition) is 2. The van der Waals surface area contributed by atoms with Crippen LogP contribution in [0.2, 0.25) is 0 Å². The zero-order valence-electron chi connectivity index (χ0n) is 27.9. The Bertz CT molecular complexity index is 638. The van der Waals surface area contributed by atoms with Crippen molar-refractivity contribution in [3.05, 3.63) is 30.3 Å². The second kappa shape index (κ2) is 26.0. The molecule has 0 aliphatic rings. The van der Waals surface area contributed by atoms with E-state index in [4.69, 9.17) is 0 Å². The average molecular weight is 593 g/mol. The van der Waals surface area contributed by atoms with Crippen molar-refractivity contribution in [2.45, 2.75) is 194 Å². The minimum atomic E-state index is -3.82. The third-order valence-corrected chi connectivity index (χ3v) is 13.3. The predicted octanol–water partition coefficient (Wildman–Crippen LogP) is 12.6. The standard InChI is InChI=1S/C38H73O2P/c1-3-5-7-9-11-13-15-17-19-21-23-25-27-32-36-41(39,40,38-34-30-29-31-35-38)37-33-28-26-24-22-20-18-16-14-12-10-8-6-4-2/h29-31,34-35,39-40H,3-28,32-33,36-37H2,1-2H3. The number of unbranched alkanes of at least 4 members (excludes halogenated alkanes) is 26. The SMILES string of the molecule is CCCCCCCCCCCCCCCCP(O)(O)(CCCCCCCCCCCCCCCC)c1ccccc1. The van der Waals surface area contributed by atoms with E-state index in [-0.39, 0.29) is 0 Å². The zero-order valence-corrected chi connectivity index (χ0v) is 28.8. The Hall–Kier alpha value is -0.430. The molecule has 0 unspecified atom stereocenters. The maximum atomic E-state index is 11.8. The van der Waals surface area contributed by atoms with Crippen molar-refractivity contribution in [3.8, 4) is 0 Å². The molecule has 242 valence electrons. The fourth-order valence-electron chi connectivity index (χ4n) is 6.42. The third kappa shape index (κ3) is 21.0. The molecule has 41 heavy (non-hydrogen) atoms. The van der Waals surface area contributed by atoms with Gasteiger partial charge in [0.1, 0.15) is 0 Å². The Labute approximate surface area is 258 Å². The van der Waals surface area contributed by atoms with E-state index < -0.39 is 7.06 Å². The van der Waals surface area contributed by atoms with Crippen LogP contribution in [0, 0.1) is 0 Å². The fraction of sp³-hybridized carbons (Fsp3) is 0.842. The first kappa shape index (κ1) is 38.6. The van der Waals surface area contributed by atoms with Gasteiger partial charge in [0.25, 0.3) is 0 Å². The van der Waals surface area contributed by atoms with Crippen molar-refractivity contribution in [1.29, 1.82) is 0 Å². The second-order valence-corrected chi connectivity index (χ2v) is 17.6. The number of rotatable bonds is 31. The Morgan fingerprint density at radius 1 is 0.366 bits per heavy atom. The van der Waals surface area contributed by atoms with Gasteiger partial charge in [-0.05, 0) is 0 Å². The molecular formula is C38H73O2P. The van der Waals surface area contributed by atoms with Gasteiger partial charge in [-0.1, -0.05) is 52.4 Å². The summed E-state index contributed by atoms with van der Waals surface area (Å²) in [5, 5.41) is 0.808. The third-order valence-electron chi connectivity index (χ3n) is 9.32. The first-order chi connectivity index (χ1) is 20.0. The molecule has 0 aliphatic carbocycles. The van der Waals surface area contributed by atoms with Crippen molar-refractivity contribution < 1.29 is 9.79 Å². The molecule has 1 rings (SSSR count). The molecule has 3 heteroatoms. The van der Waals surface area contributed by atoms with Gasteiger partial charge < -0.3 is 0 Å². The van der Waals surface area contributed by atoms with Crippen LogP contribution >= 0.6 is 7.06 Å². The summed E-state index contributed by atoms with van der Waals surface area (Å²) in [4.78, 5) is 23.6. The molecule has 0 saturated carbocycles. The molecule has 0 amide bonds. The van der Waals surface area contributed by atoms with Crippen molar-refractivity contribution in [2.75, 3.05) is 12.3 Å². The van der Waals surface area contributed by atoms with Crippen molar-refractivity contribution in [3.63, 3.8) is 0 Å². The van der Waals surface area contributed by atoms with Crippen LogP contribution < -0.4 is 5.30 Å². The summed E-state index contributed by atoms with van der Waals surface area (Å²) < 4.78 is 0. The molecule has 0 radical (unpaired) electrons. The molecule has 0 aliphatic heterocycles. The van der Waals surface area contributed by atoms with Gasteiger partial charge in [0.05, 0.1) is 0 Å². The Morgan fingerprint density at radius 3 is 0.878 bits per heavy atom. The van der Waals surface area contributed by atoms with Gasteiger partial charge in [-0.3, -0.25) is 0 Å². The van der Waals surface area contributed by atoms with Gasteiger partial charge >= 0.3 is 206 Å². The molecule has 0 heterocycles. The first-order valence-corrected chi connectivity index (χ1v) is 21.1. The number of benzene rings is 1. The molecule has 0 saturated heterocycles. The first-order valence-electron chi connectivity index (χ1n) is 18.6. The molecule has 0 spiro atoms. The fourth-order valence-corrected chi connectivity index (χ4v) is 9.80. The normalized spacial score (nSPS) is 12.9. The molecule has 1 aromatic rings. The molecule has 0 fully saturated rings. The van der Waals surface area contributed by atoms with Gasteiger partial charge in [-0.25, -0.2) is 0 Å². The van der Waals surface area contributed by atoms with Crippen molar-refractivity contribution >= 4 is 12.4 Å². The molecule has 0 atom stereocenters. The van der Waals surface area contributed by atoms with Crippen LogP contribution in [0.4, 0.5) is 0 Å². The number of hydrogen-bond acceptors (Lipinski definition) is 2. The van der Waals surface area contributed by atoms with Crippen LogP contribution in [-0.4, -0.2) is 22.1 Å². The van der Waals surface area contributed by atoms with Crippen molar-refractivity contribution in [2.24, 2.45) is 0 Å². The molecular weight excluding hydrogens is 519 g/mol. The van der Waals surface area contributed by atoms with Crippen molar-refractivity contribution in [1.82, 2.24) is 0 Å². The van der Waals surface area contributed by atoms with E-state index in [1.165, 1.54) is 154 Å². The Morgan fingerprint density at radius 2 is 0.610 bits per heavy atom. The summed E-state index contributed by atoms with van der Waals surface area (Å²) in [6, 6.07) is 9.86. The van der Waals surface area contributed by atoms with Gasteiger partial charge in [0, 0.05) is 0 Å². The van der Waals surface area contributed by atoms with Crippen LogP contribution in [-0.2, 0) is 0 Å². The van der Waals surface area contributed by atoms with Gasteiger partial charge in [-0.2, -0.15) is 0 Å². The van der Waals surface area contributed by atoms with Crippen LogP contribution in [0.15, 0.2) is 30.3 Å². The summed E-state index contributed by atoms with van der Waals surface area (Å²) in [6.45, 7) is 4.57. The van der Waals surface area contributed by atoms with E-state index in [1.807, 2.05) is 30.3 Å². The second-order valence-electron chi connectivity index (χ2n) is 13.4. The van der Waals surface area contributed by atoms with Gasteiger partial charge in [0.2, 0.25) is 0 Å². The summed E-state index contributed by atoms with van der Waals surface area (Å²) in [6.07, 6.45) is 38.3. The minimum absolute atomic E-state index is 0.575. The van der Waals surface area contributed by atoms with Crippen LogP contribution in [0.3, 0.4) is 0 Å². The van der Waals surface area contributed by atoms with E-state index >= 15 is 0 Å². The summed E-state index contributed by atoms with van der Waals surface area (Å²) in [7, 11) is -3.82. The average Bonchev–Trinajstić information content (AvgIpc) is 2.98. The maximum absolute atomic E-state index is 11.8. The van der Waals surface area contributed by atoms with Crippen LogP contribution in [0.5, 0.6) is 0 Å². The van der Waals surface area contributed by atoms with Crippen LogP contribution in [0.25, 0.3) is 0 Å². The molecule has 0 aromatic heterocycles. The Kier molecular flexibility index (Phi) is 24.5. The summed E-state index contributed by atoms with van der Waals surface area (Å²) >= 11 is 0. The Balaban J connectivity index is 2.16. The van der Waals surface area contributed by atoms with E-state index in [2.05, 4.69) is 13.8 Å². The quantitative estimate of drug-likeness (QED) is 0.0665. The summed E-state index contributed by atoms with van der Waals surface area (Å²) in [5.41, 5.74) is 0. The summed E-state index contributed by atoms with van der Waals surface area (Å²) in [5.74, 6) is 0. The molecule has 1 aromatic carbocycles. The van der Waals surface area contributed by atoms with Gasteiger partial charge in [0.15, 0.2) is 0 Å². The van der Waals surface area contributed by atoms with E-state index in [0.29, 0.717) is 12.3 Å². The topological polar surface area (TPSA) is 40.5 Å². The van der Waals surface area contributed by atoms with Gasteiger partial charge in [-0.15, -0.1) is 0 Å². The van der Waals surface area contributed by atoms with E-state index in [1.54, 1.807) is 0 Å². The van der Waals surface area contributed by atoms with E-state index in [0.717, 1.165) is 31.0 Å². The van der Waals surface area contributed by atoms with E-state index in [9.17, 15) is 9.79 Å². The molecule has 2 N–H and O–H groups in total. The molecule has 0 bridgehead atoms. The van der Waals surface area contributed by atoms with Crippen LogP contribution in [0.1, 0.15) is 194 Å². The molecule has 2 nitrogen and oxygen atoms in total.